The third-order valence-electron chi connectivity index (χ3n) is 16.9. The maximum absolute atomic E-state index is 11.8. The molecule has 364 valence electrons. The predicted molar refractivity (Wildman–Crippen MR) is 220 cm³/mol. The van der Waals surface area contributed by atoms with Crippen LogP contribution in [0, 0.1) is 46.3 Å². The second kappa shape index (κ2) is 19.9. The van der Waals surface area contributed by atoms with Gasteiger partial charge in [-0.25, -0.2) is 0 Å². The van der Waals surface area contributed by atoms with E-state index in [1.165, 1.54) is 12.5 Å². The van der Waals surface area contributed by atoms with Crippen LogP contribution in [0.5, 0.6) is 0 Å². The van der Waals surface area contributed by atoms with Gasteiger partial charge in [0.15, 0.2) is 18.9 Å². The molecule has 7 rings (SSSR count). The van der Waals surface area contributed by atoms with Crippen LogP contribution in [0.1, 0.15) is 92.4 Å². The molecule has 0 aromatic carbocycles. The summed E-state index contributed by atoms with van der Waals surface area (Å²) in [6, 6.07) is 0. The molecule has 18 heteroatoms. The van der Waals surface area contributed by atoms with Crippen LogP contribution in [0.15, 0.2) is 11.6 Å². The Labute approximate surface area is 369 Å². The van der Waals surface area contributed by atoms with Crippen molar-refractivity contribution in [2.24, 2.45) is 46.3 Å². The maximum Gasteiger partial charge on any atom is 0.187 e. The lowest BCUT2D eigenvalue weighted by molar-refractivity contribution is -0.369. The Kier molecular flexibility index (Phi) is 15.8. The molecule has 26 atom stereocenters. The van der Waals surface area contributed by atoms with E-state index in [0.29, 0.717) is 43.9 Å². The Morgan fingerprint density at radius 1 is 0.714 bits per heavy atom. The Morgan fingerprint density at radius 2 is 1.35 bits per heavy atom. The van der Waals surface area contributed by atoms with Crippen LogP contribution in [0.4, 0.5) is 0 Å². The van der Waals surface area contributed by atoms with Crippen LogP contribution in [-0.4, -0.2) is 192 Å². The zero-order chi connectivity index (χ0) is 45.9. The molecular weight excluding hydrogens is 828 g/mol. The highest BCUT2D eigenvalue weighted by molar-refractivity contribution is 5.26. The molecule has 12 N–H and O–H groups in total. The molecule has 18 nitrogen and oxygen atoms in total. The summed E-state index contributed by atoms with van der Waals surface area (Å²) in [6.45, 7) is 9.17. The molecule has 6 fully saturated rings. The number of ether oxygens (including phenoxy) is 6. The predicted octanol–water partition coefficient (Wildman–Crippen LogP) is -1.20. The van der Waals surface area contributed by atoms with Crippen LogP contribution in [0.25, 0.3) is 0 Å². The van der Waals surface area contributed by atoms with E-state index in [2.05, 4.69) is 19.9 Å². The summed E-state index contributed by atoms with van der Waals surface area (Å²) in [5.41, 5.74) is 0.979. The van der Waals surface area contributed by atoms with E-state index in [-0.39, 0.29) is 47.2 Å². The average molecular weight is 905 g/mol. The van der Waals surface area contributed by atoms with Gasteiger partial charge in [-0.05, 0) is 111 Å². The van der Waals surface area contributed by atoms with Gasteiger partial charge in [-0.15, -0.1) is 0 Å². The van der Waals surface area contributed by atoms with Gasteiger partial charge in [0.2, 0.25) is 0 Å². The highest BCUT2D eigenvalue weighted by Crippen LogP contribution is 2.67. The monoisotopic (exact) mass is 905 g/mol. The molecular formula is C45H76O18. The first kappa shape index (κ1) is 49.9. The topological polar surface area (TPSA) is 298 Å². The van der Waals surface area contributed by atoms with Crippen LogP contribution in [0.2, 0.25) is 0 Å². The lowest BCUT2D eigenvalue weighted by Crippen LogP contribution is -2.64. The van der Waals surface area contributed by atoms with Crippen molar-refractivity contribution in [2.75, 3.05) is 19.8 Å². The second-order valence-corrected chi connectivity index (χ2v) is 20.8. The van der Waals surface area contributed by atoms with Crippen molar-refractivity contribution in [3.8, 4) is 0 Å². The van der Waals surface area contributed by atoms with Gasteiger partial charge in [-0.3, -0.25) is 0 Å². The molecule has 0 unspecified atom stereocenters. The average Bonchev–Trinajstić information content (AvgIpc) is 3.54. The zero-order valence-electron chi connectivity index (χ0n) is 37.2. The molecule has 3 saturated carbocycles. The number of hydrogen-bond acceptors (Lipinski definition) is 18. The molecule has 0 radical (unpaired) electrons. The van der Waals surface area contributed by atoms with E-state index in [1.807, 2.05) is 13.8 Å². The minimum atomic E-state index is -1.66. The van der Waals surface area contributed by atoms with Crippen molar-refractivity contribution in [2.45, 2.75) is 203 Å². The quantitative estimate of drug-likeness (QED) is 0.0912. The fraction of sp³-hybridized carbons (Fsp3) is 0.956. The van der Waals surface area contributed by atoms with Gasteiger partial charge in [-0.1, -0.05) is 39.3 Å². The van der Waals surface area contributed by atoms with Gasteiger partial charge in [-0.2, -0.15) is 0 Å². The molecule has 3 saturated heterocycles. The standard InChI is InChI=1S/C45H76O18/c1-19(18-58-41-38(56)36(54)33(51)29(16-46)61-41)6-9-27(48)20(2)31-28(49)15-26-24-8-7-22-14-23(10-12-44(22,4)25(24)11-13-45(26,31)5)60-43-40(37(55)34(52)30(17-47)62-43)63-42-39(57)35(53)32(50)21(3)59-42/h7,19-21,23-43,46-57H,6,8-18H2,1-5H3/t19-,20-,21+,23+,24-,25+,26+,27+,28+,29-,30-,31+,32+,33-,34-,35-,36+,37+,38-,39-,40-,41-,42+,43-,44+,45+/m1/s1. The van der Waals surface area contributed by atoms with E-state index >= 15 is 0 Å². The van der Waals surface area contributed by atoms with Crippen molar-refractivity contribution >= 4 is 0 Å². The van der Waals surface area contributed by atoms with Gasteiger partial charge < -0.3 is 89.7 Å². The lowest BCUT2D eigenvalue weighted by atomic mass is 9.47. The van der Waals surface area contributed by atoms with E-state index < -0.39 is 118 Å². The highest BCUT2D eigenvalue weighted by Gasteiger charge is 2.62. The summed E-state index contributed by atoms with van der Waals surface area (Å²) in [5, 5.41) is 126. The molecule has 0 aromatic rings. The summed E-state index contributed by atoms with van der Waals surface area (Å²) in [4.78, 5) is 0. The zero-order valence-corrected chi connectivity index (χ0v) is 37.2. The van der Waals surface area contributed by atoms with E-state index in [4.69, 9.17) is 28.4 Å². The summed E-state index contributed by atoms with van der Waals surface area (Å²) in [6.07, 6.45) is -13.4. The Bertz CT molecular complexity index is 1540. The SMILES string of the molecule is C[C@H](CC[C@H](O)[C@@H](C)[C@H]1[C@@H](O)C[C@H]2[C@@H]3CC=C4C[C@@H](O[C@@H]5O[C@H](CO)[C@@H](O)[C@H](O)[C@H]5O[C@@H]5O[C@@H](C)[C@H](O)[C@@H](O)[C@H]5O)CC[C@]4(C)[C@H]3CC[C@]12C)CO[C@@H]1O[C@H](CO)[C@@H](O)[C@H](O)[C@H]1O. The molecule has 3 heterocycles. The third-order valence-corrected chi connectivity index (χ3v) is 16.9. The van der Waals surface area contributed by atoms with Crippen LogP contribution < -0.4 is 0 Å². The molecule has 4 aliphatic carbocycles. The second-order valence-electron chi connectivity index (χ2n) is 20.8. The van der Waals surface area contributed by atoms with E-state index in [9.17, 15) is 61.3 Å². The van der Waals surface area contributed by atoms with Crippen molar-refractivity contribution in [1.82, 2.24) is 0 Å². The first-order valence-electron chi connectivity index (χ1n) is 23.4. The largest absolute Gasteiger partial charge is 0.394 e. The molecule has 7 aliphatic rings. The summed E-state index contributed by atoms with van der Waals surface area (Å²) >= 11 is 0. The molecule has 63 heavy (non-hydrogen) atoms. The molecule has 0 amide bonds. The smallest absolute Gasteiger partial charge is 0.187 e. The third kappa shape index (κ3) is 9.44. The van der Waals surface area contributed by atoms with Gasteiger partial charge >= 0.3 is 0 Å². The molecule has 3 aliphatic heterocycles. The van der Waals surface area contributed by atoms with Crippen LogP contribution in [-0.2, 0) is 28.4 Å². The van der Waals surface area contributed by atoms with Crippen molar-refractivity contribution < 1.29 is 89.7 Å². The number of fused-ring (bicyclic) bond motifs is 5. The van der Waals surface area contributed by atoms with Gasteiger partial charge in [0.25, 0.3) is 0 Å². The van der Waals surface area contributed by atoms with Gasteiger partial charge in [0.1, 0.15) is 67.1 Å². The minimum absolute atomic E-state index is 0.0437. The van der Waals surface area contributed by atoms with Gasteiger partial charge in [0, 0.05) is 0 Å². The Hall–Kier alpha value is -0.980. The van der Waals surface area contributed by atoms with Crippen molar-refractivity contribution in [3.63, 3.8) is 0 Å². The lowest BCUT2D eigenvalue weighted by Gasteiger charge is -2.58. The molecule has 0 aromatic heterocycles. The van der Waals surface area contributed by atoms with Gasteiger partial charge in [0.05, 0.1) is 44.2 Å². The number of hydrogen-bond donors (Lipinski definition) is 12. The Balaban J connectivity index is 0.961. The Morgan fingerprint density at radius 3 is 2.03 bits per heavy atom. The van der Waals surface area contributed by atoms with Crippen LogP contribution >= 0.6 is 0 Å². The van der Waals surface area contributed by atoms with E-state index in [1.54, 1.807) is 0 Å². The van der Waals surface area contributed by atoms with Crippen molar-refractivity contribution in [1.29, 1.82) is 0 Å². The van der Waals surface area contributed by atoms with Crippen LogP contribution in [0.3, 0.4) is 0 Å². The highest BCUT2D eigenvalue weighted by atomic mass is 16.8. The van der Waals surface area contributed by atoms with Crippen molar-refractivity contribution in [3.05, 3.63) is 11.6 Å². The summed E-state index contributed by atoms with van der Waals surface area (Å²) < 4.78 is 35.3. The number of allylic oxidation sites excluding steroid dienone is 1. The molecule has 0 spiro atoms. The first-order valence-corrected chi connectivity index (χ1v) is 23.4. The summed E-state index contributed by atoms with van der Waals surface area (Å²) in [7, 11) is 0. The maximum atomic E-state index is 11.8. The fourth-order valence-corrected chi connectivity index (χ4v) is 13.0. The molecule has 0 bridgehead atoms. The number of aliphatic hydroxyl groups is 12. The minimum Gasteiger partial charge on any atom is -0.394 e. The fourth-order valence-electron chi connectivity index (χ4n) is 13.0. The number of rotatable bonds is 14. The first-order chi connectivity index (χ1) is 29.7. The number of aliphatic hydroxyl groups excluding tert-OH is 12. The summed E-state index contributed by atoms with van der Waals surface area (Å²) in [5.74, 6) is 0.669. The van der Waals surface area contributed by atoms with E-state index in [0.717, 1.165) is 25.7 Å². The normalized spacial score (nSPS) is 51.6.